The lowest BCUT2D eigenvalue weighted by molar-refractivity contribution is -0.587. The van der Waals surface area contributed by atoms with Crippen LogP contribution in [0.3, 0.4) is 0 Å². The molecule has 2 aromatic rings. The number of hydrogen-bond donors (Lipinski definition) is 0. The molecule has 0 N–H and O–H groups in total. The SMILES string of the molecule is O=[N+]([O-])c1c2c([n+]([O-])c3ccccc13)CCCC2. The van der Waals surface area contributed by atoms with Gasteiger partial charge in [0.05, 0.1) is 10.5 Å². The maximum Gasteiger partial charge on any atom is 0.292 e. The molecule has 5 nitrogen and oxygen atoms in total. The largest absolute Gasteiger partial charge is 0.618 e. The lowest BCUT2D eigenvalue weighted by Gasteiger charge is -2.16. The van der Waals surface area contributed by atoms with Gasteiger partial charge >= 0.3 is 0 Å². The van der Waals surface area contributed by atoms with Crippen LogP contribution in [0.25, 0.3) is 10.9 Å². The van der Waals surface area contributed by atoms with Crippen molar-refractivity contribution in [1.29, 1.82) is 0 Å². The lowest BCUT2D eigenvalue weighted by atomic mass is 9.93. The zero-order valence-corrected chi connectivity index (χ0v) is 9.76. The van der Waals surface area contributed by atoms with E-state index < -0.39 is 0 Å². The molecule has 0 radical (unpaired) electrons. The Kier molecular flexibility index (Phi) is 2.40. The van der Waals surface area contributed by atoms with Gasteiger partial charge in [0.2, 0.25) is 11.2 Å². The molecule has 1 heterocycles. The summed E-state index contributed by atoms with van der Waals surface area (Å²) in [4.78, 5) is 10.9. The van der Waals surface area contributed by atoms with E-state index in [-0.39, 0.29) is 10.6 Å². The minimum absolute atomic E-state index is 0.118. The van der Waals surface area contributed by atoms with Crippen LogP contribution in [-0.4, -0.2) is 4.92 Å². The van der Waals surface area contributed by atoms with E-state index in [0.717, 1.165) is 17.6 Å². The van der Waals surface area contributed by atoms with Gasteiger partial charge in [-0.3, -0.25) is 10.1 Å². The zero-order valence-electron chi connectivity index (χ0n) is 9.76. The van der Waals surface area contributed by atoms with Crippen molar-refractivity contribution in [2.75, 3.05) is 0 Å². The minimum Gasteiger partial charge on any atom is -0.618 e. The van der Waals surface area contributed by atoms with Crippen LogP contribution in [0, 0.1) is 15.3 Å². The number of para-hydroxylation sites is 1. The summed E-state index contributed by atoms with van der Waals surface area (Å²) in [6.07, 6.45) is 3.08. The molecule has 92 valence electrons. The van der Waals surface area contributed by atoms with E-state index in [2.05, 4.69) is 0 Å². The van der Waals surface area contributed by atoms with E-state index in [9.17, 15) is 15.3 Å². The third-order valence-electron chi connectivity index (χ3n) is 3.53. The van der Waals surface area contributed by atoms with Gasteiger partial charge in [0.25, 0.3) is 5.69 Å². The Bertz CT molecular complexity index is 652. The third-order valence-corrected chi connectivity index (χ3v) is 3.53. The van der Waals surface area contributed by atoms with Crippen LogP contribution in [-0.2, 0) is 12.8 Å². The van der Waals surface area contributed by atoms with E-state index in [4.69, 9.17) is 0 Å². The van der Waals surface area contributed by atoms with Gasteiger partial charge in [0, 0.05) is 12.5 Å². The van der Waals surface area contributed by atoms with Crippen LogP contribution < -0.4 is 4.73 Å². The van der Waals surface area contributed by atoms with Crippen LogP contribution in [0.5, 0.6) is 0 Å². The molecule has 1 aliphatic rings. The van der Waals surface area contributed by atoms with Crippen molar-refractivity contribution in [3.63, 3.8) is 0 Å². The molecule has 0 aliphatic heterocycles. The van der Waals surface area contributed by atoms with Crippen molar-refractivity contribution < 1.29 is 9.65 Å². The molecule has 5 heteroatoms. The predicted octanol–water partition coefficient (Wildman–Crippen LogP) is 2.26. The first-order valence-corrected chi connectivity index (χ1v) is 6.00. The monoisotopic (exact) mass is 244 g/mol. The molecule has 0 amide bonds. The first-order chi connectivity index (χ1) is 8.70. The van der Waals surface area contributed by atoms with Crippen molar-refractivity contribution in [2.45, 2.75) is 25.7 Å². The quantitative estimate of drug-likeness (QED) is 0.334. The fraction of sp³-hybridized carbons (Fsp3) is 0.308. The van der Waals surface area contributed by atoms with E-state index in [1.165, 1.54) is 0 Å². The van der Waals surface area contributed by atoms with E-state index in [1.54, 1.807) is 24.3 Å². The summed E-state index contributed by atoms with van der Waals surface area (Å²) in [6, 6.07) is 6.75. The van der Waals surface area contributed by atoms with E-state index in [1.807, 2.05) is 0 Å². The van der Waals surface area contributed by atoms with E-state index in [0.29, 0.717) is 35.0 Å². The highest BCUT2D eigenvalue weighted by atomic mass is 16.6. The number of rotatable bonds is 1. The van der Waals surface area contributed by atoms with Gasteiger partial charge in [-0.1, -0.05) is 12.1 Å². The molecule has 0 unspecified atom stereocenters. The Morgan fingerprint density at radius 2 is 1.89 bits per heavy atom. The summed E-state index contributed by atoms with van der Waals surface area (Å²) in [5.41, 5.74) is 1.71. The topological polar surface area (TPSA) is 70.1 Å². The molecule has 0 spiro atoms. The Hall–Kier alpha value is -2.17. The normalized spacial score (nSPS) is 14.4. The lowest BCUT2D eigenvalue weighted by Crippen LogP contribution is -2.36. The minimum atomic E-state index is -0.355. The van der Waals surface area contributed by atoms with Gasteiger partial charge in [-0.2, -0.15) is 4.73 Å². The van der Waals surface area contributed by atoms with Crippen LogP contribution in [0.15, 0.2) is 24.3 Å². The number of hydrogen-bond acceptors (Lipinski definition) is 3. The summed E-state index contributed by atoms with van der Waals surface area (Å²) in [6.45, 7) is 0. The highest BCUT2D eigenvalue weighted by Crippen LogP contribution is 2.33. The summed E-state index contributed by atoms with van der Waals surface area (Å²) >= 11 is 0. The molecule has 0 bridgehead atoms. The summed E-state index contributed by atoms with van der Waals surface area (Å²) < 4.78 is 0.872. The second kappa shape index (κ2) is 3.94. The van der Waals surface area contributed by atoms with Crippen LogP contribution in [0.1, 0.15) is 24.1 Å². The van der Waals surface area contributed by atoms with Crippen LogP contribution in [0.2, 0.25) is 0 Å². The molecule has 0 fully saturated rings. The molecular formula is C13H12N2O3. The molecule has 1 aromatic heterocycles. The molecule has 18 heavy (non-hydrogen) atoms. The number of benzene rings is 1. The predicted molar refractivity (Wildman–Crippen MR) is 66.2 cm³/mol. The van der Waals surface area contributed by atoms with Crippen molar-refractivity contribution in [3.05, 3.63) is 50.8 Å². The van der Waals surface area contributed by atoms with Gasteiger partial charge in [0.1, 0.15) is 5.39 Å². The van der Waals surface area contributed by atoms with Crippen molar-refractivity contribution in [2.24, 2.45) is 0 Å². The Morgan fingerprint density at radius 1 is 1.17 bits per heavy atom. The number of nitrogens with zero attached hydrogens (tertiary/aromatic N) is 2. The average Bonchev–Trinajstić information content (AvgIpc) is 2.39. The fourth-order valence-corrected chi connectivity index (χ4v) is 2.74. The molecule has 1 aromatic carbocycles. The Morgan fingerprint density at radius 3 is 2.67 bits per heavy atom. The fourth-order valence-electron chi connectivity index (χ4n) is 2.74. The average molecular weight is 244 g/mol. The molecule has 0 atom stereocenters. The molecule has 3 rings (SSSR count). The molecular weight excluding hydrogens is 232 g/mol. The highest BCUT2D eigenvalue weighted by molar-refractivity contribution is 5.87. The smallest absolute Gasteiger partial charge is 0.292 e. The number of nitro groups is 1. The maximum atomic E-state index is 12.2. The number of aromatic nitrogens is 1. The summed E-state index contributed by atoms with van der Waals surface area (Å²) in [5.74, 6) is 0. The van der Waals surface area contributed by atoms with Crippen LogP contribution >= 0.6 is 0 Å². The maximum absolute atomic E-state index is 12.2. The van der Waals surface area contributed by atoms with Gasteiger partial charge < -0.3 is 5.21 Å². The van der Waals surface area contributed by atoms with Gasteiger partial charge in [-0.15, -0.1) is 0 Å². The van der Waals surface area contributed by atoms with Gasteiger partial charge in [-0.25, -0.2) is 0 Å². The van der Waals surface area contributed by atoms with Crippen molar-refractivity contribution in [3.8, 4) is 0 Å². The molecule has 0 saturated carbocycles. The summed E-state index contributed by atoms with van der Waals surface area (Å²) in [5, 5.41) is 24.0. The third kappa shape index (κ3) is 1.44. The second-order valence-electron chi connectivity index (χ2n) is 4.55. The molecule has 0 saturated heterocycles. The van der Waals surface area contributed by atoms with E-state index >= 15 is 0 Å². The number of pyridine rings is 1. The first-order valence-electron chi connectivity index (χ1n) is 6.00. The molecule has 1 aliphatic carbocycles. The van der Waals surface area contributed by atoms with Crippen molar-refractivity contribution in [1.82, 2.24) is 0 Å². The van der Waals surface area contributed by atoms with Crippen molar-refractivity contribution >= 4 is 16.6 Å². The van der Waals surface area contributed by atoms with Gasteiger partial charge in [-0.05, 0) is 25.3 Å². The first kappa shape index (κ1) is 11.0. The van der Waals surface area contributed by atoms with Crippen LogP contribution in [0.4, 0.5) is 5.69 Å². The zero-order chi connectivity index (χ0) is 12.7. The van der Waals surface area contributed by atoms with Gasteiger partial charge in [0.15, 0.2) is 0 Å². The Balaban J connectivity index is 2.48. The summed E-state index contributed by atoms with van der Waals surface area (Å²) in [7, 11) is 0. The highest BCUT2D eigenvalue weighted by Gasteiger charge is 2.31. The number of fused-ring (bicyclic) bond motifs is 2. The standard InChI is InChI=1S/C13H12N2O3/c16-14-11-7-3-1-5-9(11)13(15(17)18)10-6-2-4-8-12(10)14/h1,3,5,7H,2,4,6,8H2. The second-order valence-corrected chi connectivity index (χ2v) is 4.55. The Labute approximate surface area is 103 Å².